The van der Waals surface area contributed by atoms with Crippen LogP contribution >= 0.6 is 0 Å². The van der Waals surface area contributed by atoms with Crippen molar-refractivity contribution in [1.82, 2.24) is 5.32 Å². The average Bonchev–Trinajstić information content (AvgIpc) is 2.48. The van der Waals surface area contributed by atoms with Gasteiger partial charge in [-0.05, 0) is 50.3 Å². The number of carbonyl (C=O) groups is 1. The molecule has 0 saturated heterocycles. The molecule has 0 saturated carbocycles. The molecule has 0 fully saturated rings. The predicted octanol–water partition coefficient (Wildman–Crippen LogP) is 4.37. The van der Waals surface area contributed by atoms with Gasteiger partial charge in [0, 0.05) is 12.2 Å². The second-order valence-electron chi connectivity index (χ2n) is 5.74. The Hall–Kier alpha value is -2.29. The second-order valence-corrected chi connectivity index (χ2v) is 5.74. The molecule has 2 amide bonds. The molecule has 116 valence electrons. The first kappa shape index (κ1) is 16.1. The normalized spacial score (nSPS) is 10.3. The molecule has 22 heavy (non-hydrogen) atoms. The molecule has 0 heterocycles. The van der Waals surface area contributed by atoms with Gasteiger partial charge in [-0.1, -0.05) is 48.0 Å². The topological polar surface area (TPSA) is 41.1 Å². The highest BCUT2D eigenvalue weighted by Gasteiger charge is 2.07. The lowest BCUT2D eigenvalue weighted by Crippen LogP contribution is -2.30. The molecule has 0 unspecified atom stereocenters. The van der Waals surface area contributed by atoms with Crippen LogP contribution in [0.25, 0.3) is 0 Å². The maximum Gasteiger partial charge on any atom is 0.319 e. The molecule has 0 aromatic heterocycles. The van der Waals surface area contributed by atoms with E-state index in [0.717, 1.165) is 29.7 Å². The smallest absolute Gasteiger partial charge is 0.319 e. The molecule has 3 heteroatoms. The Morgan fingerprint density at radius 2 is 1.64 bits per heavy atom. The van der Waals surface area contributed by atoms with E-state index in [4.69, 9.17) is 0 Å². The molecular weight excluding hydrogens is 272 g/mol. The highest BCUT2D eigenvalue weighted by Crippen LogP contribution is 2.21. The van der Waals surface area contributed by atoms with Crippen molar-refractivity contribution in [1.29, 1.82) is 0 Å². The number of hydrogen-bond acceptors (Lipinski definition) is 1. The van der Waals surface area contributed by atoms with Crippen LogP contribution in [0.15, 0.2) is 42.5 Å². The number of aryl methyl sites for hydroxylation is 4. The highest BCUT2D eigenvalue weighted by atomic mass is 16.2. The molecule has 0 aliphatic heterocycles. The van der Waals surface area contributed by atoms with Gasteiger partial charge in [0.1, 0.15) is 0 Å². The first-order valence-electron chi connectivity index (χ1n) is 7.73. The van der Waals surface area contributed by atoms with E-state index in [1.165, 1.54) is 11.1 Å². The van der Waals surface area contributed by atoms with Crippen molar-refractivity contribution >= 4 is 11.7 Å². The van der Waals surface area contributed by atoms with E-state index in [9.17, 15) is 4.79 Å². The van der Waals surface area contributed by atoms with Crippen LogP contribution in [-0.2, 0) is 6.42 Å². The number of hydrogen-bond donors (Lipinski definition) is 2. The van der Waals surface area contributed by atoms with E-state index in [0.29, 0.717) is 6.54 Å². The van der Waals surface area contributed by atoms with E-state index in [2.05, 4.69) is 41.8 Å². The molecule has 2 aromatic rings. The van der Waals surface area contributed by atoms with E-state index >= 15 is 0 Å². The lowest BCUT2D eigenvalue weighted by molar-refractivity contribution is 0.252. The molecule has 3 nitrogen and oxygen atoms in total. The second kappa shape index (κ2) is 7.64. The Kier molecular flexibility index (Phi) is 5.59. The summed E-state index contributed by atoms with van der Waals surface area (Å²) in [6, 6.07) is 14.3. The van der Waals surface area contributed by atoms with Gasteiger partial charge in [-0.3, -0.25) is 0 Å². The van der Waals surface area contributed by atoms with Gasteiger partial charge in [0.25, 0.3) is 0 Å². The summed E-state index contributed by atoms with van der Waals surface area (Å²) < 4.78 is 0. The molecule has 0 aliphatic carbocycles. The molecule has 0 radical (unpaired) electrons. The van der Waals surface area contributed by atoms with Gasteiger partial charge in [-0.25, -0.2) is 4.79 Å². The van der Waals surface area contributed by atoms with Crippen LogP contribution in [0, 0.1) is 20.8 Å². The largest absolute Gasteiger partial charge is 0.338 e. The van der Waals surface area contributed by atoms with Crippen molar-refractivity contribution < 1.29 is 4.79 Å². The van der Waals surface area contributed by atoms with Gasteiger partial charge < -0.3 is 10.6 Å². The fourth-order valence-electron chi connectivity index (χ4n) is 2.67. The number of urea groups is 1. The summed E-state index contributed by atoms with van der Waals surface area (Å²) in [6.07, 6.45) is 1.91. The van der Waals surface area contributed by atoms with Crippen LogP contribution in [0.4, 0.5) is 10.5 Å². The molecule has 2 aromatic carbocycles. The van der Waals surface area contributed by atoms with E-state index in [1.54, 1.807) is 0 Å². The molecule has 2 N–H and O–H groups in total. The highest BCUT2D eigenvalue weighted by molar-refractivity contribution is 5.91. The minimum Gasteiger partial charge on any atom is -0.338 e. The molecule has 0 atom stereocenters. The van der Waals surface area contributed by atoms with Crippen molar-refractivity contribution in [2.45, 2.75) is 33.6 Å². The first-order chi connectivity index (χ1) is 10.6. The zero-order chi connectivity index (χ0) is 15.9. The standard InChI is InChI=1S/C19H24N2O/c1-14-12-15(2)18(16(3)13-14)21-19(22)20-11-7-10-17-8-5-4-6-9-17/h4-6,8-9,12-13H,7,10-11H2,1-3H3,(H2,20,21,22). The lowest BCUT2D eigenvalue weighted by atomic mass is 10.1. The summed E-state index contributed by atoms with van der Waals surface area (Å²) in [5.74, 6) is 0. The van der Waals surface area contributed by atoms with Gasteiger partial charge in [-0.15, -0.1) is 0 Å². The molecule has 0 aliphatic rings. The van der Waals surface area contributed by atoms with Crippen LogP contribution in [0.2, 0.25) is 0 Å². The van der Waals surface area contributed by atoms with Gasteiger partial charge in [0.05, 0.1) is 0 Å². The number of carbonyl (C=O) groups excluding carboxylic acids is 1. The van der Waals surface area contributed by atoms with Crippen LogP contribution in [0.3, 0.4) is 0 Å². The summed E-state index contributed by atoms with van der Waals surface area (Å²) in [4.78, 5) is 12.0. The van der Waals surface area contributed by atoms with Crippen molar-refractivity contribution in [2.24, 2.45) is 0 Å². The number of amides is 2. The Balaban J connectivity index is 1.79. The first-order valence-corrected chi connectivity index (χ1v) is 7.73. The third kappa shape index (κ3) is 4.62. The van der Waals surface area contributed by atoms with E-state index < -0.39 is 0 Å². The maximum absolute atomic E-state index is 12.0. The maximum atomic E-state index is 12.0. The van der Waals surface area contributed by atoms with Crippen LogP contribution < -0.4 is 10.6 Å². The molecular formula is C19H24N2O. The molecule has 2 rings (SSSR count). The Morgan fingerprint density at radius 1 is 1.00 bits per heavy atom. The van der Waals surface area contributed by atoms with Gasteiger partial charge in [0.15, 0.2) is 0 Å². The zero-order valence-electron chi connectivity index (χ0n) is 13.6. The summed E-state index contributed by atoms with van der Waals surface area (Å²) in [7, 11) is 0. The SMILES string of the molecule is Cc1cc(C)c(NC(=O)NCCCc2ccccc2)c(C)c1. The van der Waals surface area contributed by atoms with Gasteiger partial charge in [-0.2, -0.15) is 0 Å². The van der Waals surface area contributed by atoms with E-state index in [-0.39, 0.29) is 6.03 Å². The lowest BCUT2D eigenvalue weighted by Gasteiger charge is -2.13. The van der Waals surface area contributed by atoms with Crippen molar-refractivity contribution in [3.05, 3.63) is 64.7 Å². The zero-order valence-corrected chi connectivity index (χ0v) is 13.6. The number of rotatable bonds is 5. The van der Waals surface area contributed by atoms with Gasteiger partial charge >= 0.3 is 6.03 Å². The van der Waals surface area contributed by atoms with Crippen molar-refractivity contribution in [3.63, 3.8) is 0 Å². The van der Waals surface area contributed by atoms with Crippen LogP contribution in [-0.4, -0.2) is 12.6 Å². The fraction of sp³-hybridized carbons (Fsp3) is 0.316. The van der Waals surface area contributed by atoms with E-state index in [1.807, 2.05) is 32.0 Å². The minimum absolute atomic E-state index is 0.136. The number of benzene rings is 2. The van der Waals surface area contributed by atoms with Crippen LogP contribution in [0.1, 0.15) is 28.7 Å². The van der Waals surface area contributed by atoms with Crippen LogP contribution in [0.5, 0.6) is 0 Å². The third-order valence-corrected chi connectivity index (χ3v) is 3.69. The predicted molar refractivity (Wildman–Crippen MR) is 92.4 cm³/mol. The third-order valence-electron chi connectivity index (χ3n) is 3.69. The summed E-state index contributed by atoms with van der Waals surface area (Å²) in [6.45, 7) is 6.77. The van der Waals surface area contributed by atoms with Crippen molar-refractivity contribution in [2.75, 3.05) is 11.9 Å². The number of nitrogens with one attached hydrogen (secondary N) is 2. The van der Waals surface area contributed by atoms with Crippen molar-refractivity contribution in [3.8, 4) is 0 Å². The molecule has 0 spiro atoms. The Morgan fingerprint density at radius 3 is 2.27 bits per heavy atom. The summed E-state index contributed by atoms with van der Waals surface area (Å²) in [5.41, 5.74) is 5.61. The quantitative estimate of drug-likeness (QED) is 0.791. The Labute approximate surface area is 132 Å². The summed E-state index contributed by atoms with van der Waals surface area (Å²) >= 11 is 0. The monoisotopic (exact) mass is 296 g/mol. The minimum atomic E-state index is -0.136. The molecule has 0 bridgehead atoms. The number of anilines is 1. The average molecular weight is 296 g/mol. The summed E-state index contributed by atoms with van der Waals surface area (Å²) in [5, 5.41) is 5.87. The Bertz CT molecular complexity index is 612. The van der Waals surface area contributed by atoms with Gasteiger partial charge in [0.2, 0.25) is 0 Å². The fourth-order valence-corrected chi connectivity index (χ4v) is 2.67.